The fourth-order valence-electron chi connectivity index (χ4n) is 1.27. The maximum absolute atomic E-state index is 10.5. The highest BCUT2D eigenvalue weighted by molar-refractivity contribution is 8.93. The maximum atomic E-state index is 10.5. The zero-order valence-electron chi connectivity index (χ0n) is 7.64. The van der Waals surface area contributed by atoms with Crippen molar-refractivity contribution in [3.05, 3.63) is 23.8 Å². The maximum Gasteiger partial charge on any atom is 0.307 e. The van der Waals surface area contributed by atoms with Crippen LogP contribution >= 0.6 is 28.3 Å². The van der Waals surface area contributed by atoms with E-state index < -0.39 is 5.97 Å². The lowest BCUT2D eigenvalue weighted by Gasteiger charge is -1.95. The number of aliphatic carboxylic acids is 1. The van der Waals surface area contributed by atoms with Gasteiger partial charge >= 0.3 is 5.97 Å². The number of fused-ring (bicyclic) bond motifs is 1. The minimum absolute atomic E-state index is 0. The molecule has 1 aromatic heterocycles. The number of nitrogens with two attached hydrogens (primary N) is 1. The van der Waals surface area contributed by atoms with Gasteiger partial charge in [0.05, 0.1) is 16.6 Å². The summed E-state index contributed by atoms with van der Waals surface area (Å²) in [5.74, 6) is -0.832. The summed E-state index contributed by atoms with van der Waals surface area (Å²) in [6.07, 6.45) is 0.0355. The molecule has 80 valence electrons. The summed E-state index contributed by atoms with van der Waals surface area (Å²) >= 11 is 1.37. The third-order valence-corrected chi connectivity index (χ3v) is 2.67. The third kappa shape index (κ3) is 2.66. The standard InChI is InChI=1S/C9H8N2O2S.BrH/c10-9-11-6-2-1-5(4-8(12)13)3-7(6)14-9;/h1-3H,4H2,(H2,10,11)(H,12,13);1H. The lowest BCUT2D eigenvalue weighted by Crippen LogP contribution is -1.99. The number of carbonyl (C=O) groups is 1. The fourth-order valence-corrected chi connectivity index (χ4v) is 2.07. The third-order valence-electron chi connectivity index (χ3n) is 1.82. The lowest BCUT2D eigenvalue weighted by molar-refractivity contribution is -0.136. The summed E-state index contributed by atoms with van der Waals surface area (Å²) in [7, 11) is 0. The Morgan fingerprint density at radius 2 is 2.27 bits per heavy atom. The quantitative estimate of drug-likeness (QED) is 0.887. The molecule has 0 radical (unpaired) electrons. The molecule has 2 aromatic rings. The number of benzene rings is 1. The number of hydrogen-bond acceptors (Lipinski definition) is 4. The van der Waals surface area contributed by atoms with Crippen molar-refractivity contribution in [1.82, 2.24) is 4.98 Å². The summed E-state index contributed by atoms with van der Waals surface area (Å²) < 4.78 is 0.932. The van der Waals surface area contributed by atoms with Crippen molar-refractivity contribution in [3.8, 4) is 0 Å². The van der Waals surface area contributed by atoms with Crippen molar-refractivity contribution in [2.45, 2.75) is 6.42 Å². The van der Waals surface area contributed by atoms with Crippen LogP contribution in [0.25, 0.3) is 10.2 Å². The Morgan fingerprint density at radius 3 is 2.93 bits per heavy atom. The monoisotopic (exact) mass is 288 g/mol. The second kappa shape index (κ2) is 4.59. The number of carboxylic acids is 1. The van der Waals surface area contributed by atoms with E-state index >= 15 is 0 Å². The van der Waals surface area contributed by atoms with Gasteiger partial charge in [0.1, 0.15) is 0 Å². The molecule has 2 rings (SSSR count). The molecule has 1 heterocycles. The van der Waals surface area contributed by atoms with E-state index in [0.717, 1.165) is 15.8 Å². The van der Waals surface area contributed by atoms with Gasteiger partial charge in [-0.15, -0.1) is 17.0 Å². The molecule has 0 amide bonds. The lowest BCUT2D eigenvalue weighted by atomic mass is 10.1. The first-order valence-corrected chi connectivity index (χ1v) is 4.83. The Balaban J connectivity index is 0.00000112. The predicted molar refractivity (Wildman–Crippen MR) is 65.7 cm³/mol. The van der Waals surface area contributed by atoms with Gasteiger partial charge in [-0.3, -0.25) is 4.79 Å². The Bertz CT molecular complexity index is 498. The molecule has 0 unspecified atom stereocenters. The highest BCUT2D eigenvalue weighted by atomic mass is 79.9. The molecular weight excluding hydrogens is 280 g/mol. The number of rotatable bonds is 2. The zero-order chi connectivity index (χ0) is 10.1. The molecule has 15 heavy (non-hydrogen) atoms. The molecule has 0 bridgehead atoms. The number of thiazole rings is 1. The van der Waals surface area contributed by atoms with Crippen LogP contribution in [-0.2, 0) is 11.2 Å². The SMILES string of the molecule is Br.Nc1nc2ccc(CC(=O)O)cc2s1. The Morgan fingerprint density at radius 1 is 1.53 bits per heavy atom. The highest BCUT2D eigenvalue weighted by Crippen LogP contribution is 2.24. The van der Waals surface area contributed by atoms with Gasteiger partial charge in [0, 0.05) is 0 Å². The number of nitrogen functional groups attached to an aromatic ring is 1. The zero-order valence-corrected chi connectivity index (χ0v) is 10.2. The second-order valence-electron chi connectivity index (χ2n) is 2.92. The van der Waals surface area contributed by atoms with Crippen molar-refractivity contribution < 1.29 is 9.90 Å². The van der Waals surface area contributed by atoms with Crippen molar-refractivity contribution >= 4 is 49.6 Å². The largest absolute Gasteiger partial charge is 0.481 e. The summed E-state index contributed by atoms with van der Waals surface area (Å²) in [6.45, 7) is 0. The van der Waals surface area contributed by atoms with Crippen molar-refractivity contribution in [1.29, 1.82) is 0 Å². The first-order chi connectivity index (χ1) is 6.65. The van der Waals surface area contributed by atoms with Gasteiger partial charge in [0.15, 0.2) is 5.13 Å². The van der Waals surface area contributed by atoms with Crippen molar-refractivity contribution in [3.63, 3.8) is 0 Å². The number of halogens is 1. The van der Waals surface area contributed by atoms with E-state index in [1.165, 1.54) is 11.3 Å². The van der Waals surface area contributed by atoms with Gasteiger partial charge in [-0.25, -0.2) is 4.98 Å². The minimum atomic E-state index is -0.832. The Kier molecular flexibility index (Phi) is 3.65. The van der Waals surface area contributed by atoms with Crippen LogP contribution in [0.4, 0.5) is 5.13 Å². The van der Waals surface area contributed by atoms with E-state index in [0.29, 0.717) is 5.13 Å². The molecule has 0 fully saturated rings. The van der Waals surface area contributed by atoms with Crippen LogP contribution in [0.1, 0.15) is 5.56 Å². The van der Waals surface area contributed by atoms with Gasteiger partial charge in [-0.1, -0.05) is 17.4 Å². The van der Waals surface area contributed by atoms with E-state index in [9.17, 15) is 4.79 Å². The molecule has 4 nitrogen and oxygen atoms in total. The van der Waals surface area contributed by atoms with Crippen molar-refractivity contribution in [2.75, 3.05) is 5.73 Å². The summed E-state index contributed by atoms with van der Waals surface area (Å²) in [5, 5.41) is 9.11. The van der Waals surface area contributed by atoms with Gasteiger partial charge in [0.25, 0.3) is 0 Å². The van der Waals surface area contributed by atoms with Crippen molar-refractivity contribution in [2.24, 2.45) is 0 Å². The fraction of sp³-hybridized carbons (Fsp3) is 0.111. The van der Waals surface area contributed by atoms with Crippen LogP contribution in [0.2, 0.25) is 0 Å². The highest BCUT2D eigenvalue weighted by Gasteiger charge is 2.04. The smallest absolute Gasteiger partial charge is 0.307 e. The van der Waals surface area contributed by atoms with E-state index in [2.05, 4.69) is 4.98 Å². The molecule has 0 atom stereocenters. The molecule has 6 heteroatoms. The number of hydrogen-bond donors (Lipinski definition) is 2. The van der Waals surface area contributed by atoms with E-state index in [1.807, 2.05) is 6.07 Å². The van der Waals surface area contributed by atoms with Crippen LogP contribution in [0.3, 0.4) is 0 Å². The molecule has 3 N–H and O–H groups in total. The average Bonchev–Trinajstić information content (AvgIpc) is 2.42. The van der Waals surface area contributed by atoms with Crippen LogP contribution in [0.5, 0.6) is 0 Å². The first-order valence-electron chi connectivity index (χ1n) is 4.02. The molecule has 1 aromatic carbocycles. The number of anilines is 1. The summed E-state index contributed by atoms with van der Waals surface area (Å²) in [6, 6.07) is 5.37. The second-order valence-corrected chi connectivity index (χ2v) is 3.99. The average molecular weight is 289 g/mol. The summed E-state index contributed by atoms with van der Waals surface area (Å²) in [4.78, 5) is 14.6. The van der Waals surface area contributed by atoms with E-state index in [-0.39, 0.29) is 23.4 Å². The molecule has 0 aliphatic rings. The van der Waals surface area contributed by atoms with Gasteiger partial charge < -0.3 is 10.8 Å². The van der Waals surface area contributed by atoms with Gasteiger partial charge in [0.2, 0.25) is 0 Å². The number of nitrogens with zero attached hydrogens (tertiary/aromatic N) is 1. The van der Waals surface area contributed by atoms with Crippen LogP contribution in [-0.4, -0.2) is 16.1 Å². The normalized spacial score (nSPS) is 9.87. The van der Waals surface area contributed by atoms with Crippen LogP contribution < -0.4 is 5.73 Å². The Labute approximate surface area is 101 Å². The molecule has 0 spiro atoms. The van der Waals surface area contributed by atoms with Crippen LogP contribution in [0.15, 0.2) is 18.2 Å². The van der Waals surface area contributed by atoms with E-state index in [1.54, 1.807) is 12.1 Å². The first kappa shape index (κ1) is 11.9. The molecule has 0 saturated carbocycles. The molecule has 0 aliphatic carbocycles. The molecule has 0 saturated heterocycles. The van der Waals surface area contributed by atoms with Gasteiger partial charge in [-0.05, 0) is 17.7 Å². The summed E-state index contributed by atoms with van der Waals surface area (Å²) in [5.41, 5.74) is 7.13. The van der Waals surface area contributed by atoms with Crippen LogP contribution in [0, 0.1) is 0 Å². The minimum Gasteiger partial charge on any atom is -0.481 e. The number of aromatic nitrogens is 1. The van der Waals surface area contributed by atoms with Gasteiger partial charge in [-0.2, -0.15) is 0 Å². The number of carboxylic acid groups (broad SMARTS) is 1. The molecular formula is C9H9BrN2O2S. The van der Waals surface area contributed by atoms with E-state index in [4.69, 9.17) is 10.8 Å². The predicted octanol–water partition coefficient (Wildman–Crippen LogP) is 2.08. The topological polar surface area (TPSA) is 76.2 Å². The molecule has 0 aliphatic heterocycles. The Hall–Kier alpha value is -1.14.